The number of fused-ring (bicyclic) bond motifs is 1. The predicted octanol–water partition coefficient (Wildman–Crippen LogP) is 5.44. The third-order valence-electron chi connectivity index (χ3n) is 6.52. The molecule has 2 amide bonds. The van der Waals surface area contributed by atoms with Crippen molar-refractivity contribution in [3.05, 3.63) is 54.1 Å². The van der Waals surface area contributed by atoms with Crippen LogP contribution in [0.3, 0.4) is 0 Å². The van der Waals surface area contributed by atoms with Crippen LogP contribution in [0.4, 0.5) is 22.2 Å². The number of hydrogen-bond acceptors (Lipinski definition) is 5. The molecule has 1 aliphatic carbocycles. The molecule has 0 aliphatic heterocycles. The molecule has 180 valence electrons. The minimum atomic E-state index is -0.121. The number of amides is 2. The van der Waals surface area contributed by atoms with Gasteiger partial charge in [0.1, 0.15) is 5.82 Å². The maximum absolute atomic E-state index is 12.5. The van der Waals surface area contributed by atoms with E-state index in [0.29, 0.717) is 24.5 Å². The van der Waals surface area contributed by atoms with E-state index in [1.165, 1.54) is 5.56 Å². The molecule has 3 aromatic rings. The molecule has 3 N–H and O–H groups in total. The van der Waals surface area contributed by atoms with Crippen LogP contribution in [0.1, 0.15) is 44.6 Å². The number of benzene rings is 2. The van der Waals surface area contributed by atoms with Crippen molar-refractivity contribution in [3.63, 3.8) is 0 Å². The van der Waals surface area contributed by atoms with Gasteiger partial charge in [-0.2, -0.15) is 4.98 Å². The average molecular weight is 461 g/mol. The van der Waals surface area contributed by atoms with Gasteiger partial charge in [-0.1, -0.05) is 43.7 Å². The molecule has 1 heterocycles. The van der Waals surface area contributed by atoms with E-state index < -0.39 is 0 Å². The molecule has 7 nitrogen and oxygen atoms in total. The third-order valence-corrected chi connectivity index (χ3v) is 6.52. The van der Waals surface area contributed by atoms with Gasteiger partial charge in [0, 0.05) is 37.8 Å². The molecule has 0 atom stereocenters. The number of hydrogen-bond donors (Lipinski definition) is 3. The zero-order valence-electron chi connectivity index (χ0n) is 20.5. The minimum absolute atomic E-state index is 0.121. The van der Waals surface area contributed by atoms with Gasteiger partial charge in [-0.05, 0) is 61.8 Å². The summed E-state index contributed by atoms with van der Waals surface area (Å²) in [5.74, 6) is 2.11. The number of carbonyl (C=O) groups excluding carboxylic acids is 1. The summed E-state index contributed by atoms with van der Waals surface area (Å²) in [6.45, 7) is 2.85. The van der Waals surface area contributed by atoms with Crippen molar-refractivity contribution in [2.75, 3.05) is 36.2 Å². The smallest absolute Gasteiger partial charge is 0.319 e. The van der Waals surface area contributed by atoms with E-state index in [0.717, 1.165) is 60.9 Å². The Morgan fingerprint density at radius 2 is 1.74 bits per heavy atom. The normalized spacial score (nSPS) is 17.9. The standard InChI is InChI=1S/C27H36N6O/c1-4-9-20-10-5-7-12-23(20)31-27(34)28-18-19-14-16-21(17-15-19)29-26-30-24-13-8-6-11-22(24)25(32-26)33(2)3/h5-8,10-13,19,21H,4,9,14-18H2,1-3H3,(H2,28,31,34)(H,29,30,32)/t19-,21+. The molecule has 34 heavy (non-hydrogen) atoms. The second-order valence-corrected chi connectivity index (χ2v) is 9.39. The Bertz CT molecular complexity index is 1110. The van der Waals surface area contributed by atoms with E-state index >= 15 is 0 Å². The SMILES string of the molecule is CCCc1ccccc1NC(=O)NC[C@H]1CC[C@@H](Nc2nc(N(C)C)c3ccccc3n2)CC1. The average Bonchev–Trinajstić information content (AvgIpc) is 2.84. The lowest BCUT2D eigenvalue weighted by atomic mass is 9.86. The highest BCUT2D eigenvalue weighted by Gasteiger charge is 2.23. The van der Waals surface area contributed by atoms with Crippen LogP contribution in [0.5, 0.6) is 0 Å². The third kappa shape index (κ3) is 5.95. The van der Waals surface area contributed by atoms with E-state index in [4.69, 9.17) is 9.97 Å². The predicted molar refractivity (Wildman–Crippen MR) is 141 cm³/mol. The van der Waals surface area contributed by atoms with Gasteiger partial charge < -0.3 is 20.9 Å². The summed E-state index contributed by atoms with van der Waals surface area (Å²) >= 11 is 0. The Balaban J connectivity index is 1.27. The highest BCUT2D eigenvalue weighted by atomic mass is 16.2. The lowest BCUT2D eigenvalue weighted by molar-refractivity contribution is 0.246. The second kappa shape index (κ2) is 11.2. The van der Waals surface area contributed by atoms with E-state index in [9.17, 15) is 4.79 Å². The number of nitrogens with zero attached hydrogens (tertiary/aromatic N) is 3. The molecule has 4 rings (SSSR count). The zero-order valence-corrected chi connectivity index (χ0v) is 20.5. The van der Waals surface area contributed by atoms with Gasteiger partial charge in [0.2, 0.25) is 5.95 Å². The van der Waals surface area contributed by atoms with Crippen LogP contribution in [0, 0.1) is 5.92 Å². The first-order chi connectivity index (χ1) is 16.5. The Morgan fingerprint density at radius 3 is 2.50 bits per heavy atom. The summed E-state index contributed by atoms with van der Waals surface area (Å²) in [6.07, 6.45) is 6.24. The number of aryl methyl sites for hydroxylation is 1. The van der Waals surface area contributed by atoms with Crippen LogP contribution < -0.4 is 20.9 Å². The number of carbonyl (C=O) groups is 1. The van der Waals surface area contributed by atoms with Crippen molar-refractivity contribution in [2.45, 2.75) is 51.5 Å². The molecular weight excluding hydrogens is 424 g/mol. The molecule has 0 unspecified atom stereocenters. The summed E-state index contributed by atoms with van der Waals surface area (Å²) in [5.41, 5.74) is 3.04. The van der Waals surface area contributed by atoms with Gasteiger partial charge >= 0.3 is 6.03 Å². The van der Waals surface area contributed by atoms with Crippen molar-refractivity contribution in [1.82, 2.24) is 15.3 Å². The second-order valence-electron chi connectivity index (χ2n) is 9.39. The monoisotopic (exact) mass is 460 g/mol. The van der Waals surface area contributed by atoms with Gasteiger partial charge in [-0.25, -0.2) is 9.78 Å². The molecule has 0 radical (unpaired) electrons. The van der Waals surface area contributed by atoms with Gasteiger partial charge in [-0.15, -0.1) is 0 Å². The van der Waals surface area contributed by atoms with Gasteiger partial charge in [-0.3, -0.25) is 0 Å². The zero-order chi connectivity index (χ0) is 23.9. The molecule has 0 spiro atoms. The number of urea groups is 1. The number of para-hydroxylation sites is 2. The van der Waals surface area contributed by atoms with E-state index in [2.05, 4.69) is 35.0 Å². The highest BCUT2D eigenvalue weighted by molar-refractivity contribution is 5.90. The summed E-state index contributed by atoms with van der Waals surface area (Å²) in [7, 11) is 4.02. The van der Waals surface area contributed by atoms with Crippen LogP contribution in [0.2, 0.25) is 0 Å². The number of nitrogens with one attached hydrogen (secondary N) is 3. The largest absolute Gasteiger partial charge is 0.362 e. The molecule has 0 saturated heterocycles. The molecule has 1 saturated carbocycles. The van der Waals surface area contributed by atoms with Crippen LogP contribution in [-0.2, 0) is 6.42 Å². The van der Waals surface area contributed by atoms with E-state index in [1.54, 1.807) is 0 Å². The molecule has 7 heteroatoms. The number of rotatable bonds is 8. The van der Waals surface area contributed by atoms with Crippen LogP contribution in [0.25, 0.3) is 10.9 Å². The van der Waals surface area contributed by atoms with Crippen molar-refractivity contribution >= 4 is 34.4 Å². The molecule has 0 bridgehead atoms. The number of aromatic nitrogens is 2. The van der Waals surface area contributed by atoms with Crippen LogP contribution >= 0.6 is 0 Å². The van der Waals surface area contributed by atoms with Gasteiger partial charge in [0.05, 0.1) is 5.52 Å². The molecular formula is C27H36N6O. The van der Waals surface area contributed by atoms with Crippen molar-refractivity contribution in [2.24, 2.45) is 5.92 Å². The Kier molecular flexibility index (Phi) is 7.83. The fourth-order valence-electron chi connectivity index (χ4n) is 4.69. The van der Waals surface area contributed by atoms with Gasteiger partial charge in [0.25, 0.3) is 0 Å². The minimum Gasteiger partial charge on any atom is -0.362 e. The fraction of sp³-hybridized carbons (Fsp3) is 0.444. The maximum atomic E-state index is 12.5. The highest BCUT2D eigenvalue weighted by Crippen LogP contribution is 2.28. The van der Waals surface area contributed by atoms with Gasteiger partial charge in [0.15, 0.2) is 0 Å². The Labute approximate surface area is 202 Å². The summed E-state index contributed by atoms with van der Waals surface area (Å²) in [6, 6.07) is 16.4. The molecule has 1 aliphatic rings. The van der Waals surface area contributed by atoms with E-state index in [1.807, 2.05) is 55.4 Å². The van der Waals surface area contributed by atoms with Crippen molar-refractivity contribution in [1.29, 1.82) is 0 Å². The van der Waals surface area contributed by atoms with E-state index in [-0.39, 0.29) is 6.03 Å². The first-order valence-electron chi connectivity index (χ1n) is 12.4. The molecule has 1 fully saturated rings. The molecule has 1 aromatic heterocycles. The van der Waals surface area contributed by atoms with Crippen molar-refractivity contribution < 1.29 is 4.79 Å². The summed E-state index contributed by atoms with van der Waals surface area (Å²) < 4.78 is 0. The quantitative estimate of drug-likeness (QED) is 0.417. The van der Waals surface area contributed by atoms with Crippen molar-refractivity contribution in [3.8, 4) is 0 Å². The number of anilines is 3. The topological polar surface area (TPSA) is 82.2 Å². The first-order valence-corrected chi connectivity index (χ1v) is 12.4. The molecule has 2 aromatic carbocycles. The summed E-state index contributed by atoms with van der Waals surface area (Å²) in [4.78, 5) is 24.0. The van der Waals surface area contributed by atoms with Crippen LogP contribution in [0.15, 0.2) is 48.5 Å². The maximum Gasteiger partial charge on any atom is 0.319 e. The lowest BCUT2D eigenvalue weighted by Crippen LogP contribution is -2.36. The van der Waals surface area contributed by atoms with Crippen LogP contribution in [-0.4, -0.2) is 42.7 Å². The Hall–Kier alpha value is -3.35. The summed E-state index contributed by atoms with van der Waals surface area (Å²) in [5, 5.41) is 10.7. The lowest BCUT2D eigenvalue weighted by Gasteiger charge is -2.29. The first kappa shape index (κ1) is 23.8. The Morgan fingerprint density at radius 1 is 1.00 bits per heavy atom. The fourth-order valence-corrected chi connectivity index (χ4v) is 4.69.